The third-order valence-corrected chi connectivity index (χ3v) is 6.57. The molecule has 0 radical (unpaired) electrons. The van der Waals surface area contributed by atoms with Gasteiger partial charge in [-0.25, -0.2) is 4.79 Å². The van der Waals surface area contributed by atoms with Gasteiger partial charge in [-0.15, -0.1) is 0 Å². The molecular formula is C29H32Cl2N2O4. The van der Waals surface area contributed by atoms with Crippen LogP contribution in [0.1, 0.15) is 62.5 Å². The lowest BCUT2D eigenvalue weighted by molar-refractivity contribution is 0.00695. The molecule has 8 heteroatoms. The Balaban J connectivity index is 1.75. The van der Waals surface area contributed by atoms with Crippen LogP contribution < -0.4 is 14.4 Å². The van der Waals surface area contributed by atoms with Crippen molar-refractivity contribution in [2.75, 3.05) is 12.0 Å². The minimum absolute atomic E-state index is 0.167. The Morgan fingerprint density at radius 1 is 1.03 bits per heavy atom. The van der Waals surface area contributed by atoms with E-state index in [-0.39, 0.29) is 6.10 Å². The molecule has 0 saturated heterocycles. The van der Waals surface area contributed by atoms with Gasteiger partial charge < -0.3 is 19.1 Å². The Morgan fingerprint density at radius 2 is 1.76 bits per heavy atom. The van der Waals surface area contributed by atoms with Gasteiger partial charge in [0.25, 0.3) is 0 Å². The van der Waals surface area contributed by atoms with Crippen LogP contribution in [0.15, 0.2) is 54.7 Å². The van der Waals surface area contributed by atoms with E-state index in [4.69, 9.17) is 37.4 Å². The van der Waals surface area contributed by atoms with Crippen LogP contribution in [0.3, 0.4) is 0 Å². The zero-order chi connectivity index (χ0) is 26.6. The molecule has 6 nitrogen and oxygen atoms in total. The van der Waals surface area contributed by atoms with Gasteiger partial charge in [0.2, 0.25) is 0 Å². The number of benzene rings is 2. The molecule has 0 unspecified atom stereocenters. The molecule has 0 bridgehead atoms. The van der Waals surface area contributed by atoms with Crippen molar-refractivity contribution in [3.63, 3.8) is 0 Å². The minimum Gasteiger partial charge on any atom is -0.493 e. The summed E-state index contributed by atoms with van der Waals surface area (Å²) in [4.78, 5) is 19.3. The number of carbonyl (C=O) groups excluding carboxylic acids is 1. The highest BCUT2D eigenvalue weighted by atomic mass is 35.5. The molecule has 0 atom stereocenters. The molecule has 3 aromatic rings. The fraction of sp³-hybridized carbons (Fsp3) is 0.379. The van der Waals surface area contributed by atoms with Crippen LogP contribution in [0, 0.1) is 0 Å². The van der Waals surface area contributed by atoms with Crippen molar-refractivity contribution < 1.29 is 19.0 Å². The molecule has 1 aliphatic carbocycles. The number of aromatic nitrogens is 1. The number of hydrogen-bond acceptors (Lipinski definition) is 6. The van der Waals surface area contributed by atoms with Crippen molar-refractivity contribution in [2.45, 2.75) is 64.7 Å². The molecule has 0 N–H and O–H groups in total. The quantitative estimate of drug-likeness (QED) is 0.268. The number of hydrogen-bond donors (Lipinski definition) is 0. The molecule has 1 saturated carbocycles. The van der Waals surface area contributed by atoms with E-state index in [1.54, 1.807) is 31.5 Å². The molecule has 1 aromatic heterocycles. The van der Waals surface area contributed by atoms with Crippen molar-refractivity contribution in [3.8, 4) is 11.5 Å². The lowest BCUT2D eigenvalue weighted by Gasteiger charge is -2.27. The van der Waals surface area contributed by atoms with Crippen molar-refractivity contribution in [1.82, 2.24) is 4.98 Å². The number of esters is 1. The number of halogens is 2. The first-order valence-corrected chi connectivity index (χ1v) is 13.1. The largest absolute Gasteiger partial charge is 0.493 e. The number of nitrogens with zero attached hydrogens (tertiary/aromatic N) is 2. The van der Waals surface area contributed by atoms with Crippen LogP contribution in [0.5, 0.6) is 11.5 Å². The Bertz CT molecular complexity index is 1250. The Hall–Kier alpha value is -2.96. The van der Waals surface area contributed by atoms with E-state index in [2.05, 4.69) is 4.98 Å². The van der Waals surface area contributed by atoms with Gasteiger partial charge in [-0.1, -0.05) is 29.3 Å². The molecule has 1 heterocycles. The minimum atomic E-state index is -0.601. The molecule has 1 aliphatic rings. The van der Waals surface area contributed by atoms with Crippen LogP contribution >= 0.6 is 23.2 Å². The van der Waals surface area contributed by atoms with Gasteiger partial charge in [0.05, 0.1) is 41.1 Å². The van der Waals surface area contributed by atoms with Gasteiger partial charge >= 0.3 is 5.97 Å². The summed E-state index contributed by atoms with van der Waals surface area (Å²) < 4.78 is 17.5. The number of methoxy groups -OCH3 is 1. The number of carbonyl (C=O) groups is 1. The van der Waals surface area contributed by atoms with Crippen LogP contribution in [-0.2, 0) is 11.3 Å². The first-order chi connectivity index (χ1) is 17.6. The summed E-state index contributed by atoms with van der Waals surface area (Å²) in [6.07, 6.45) is 6.12. The lowest BCUT2D eigenvalue weighted by atomic mass is 10.1. The second-order valence-corrected chi connectivity index (χ2v) is 10.9. The second-order valence-electron chi connectivity index (χ2n) is 10.1. The predicted molar refractivity (Wildman–Crippen MR) is 148 cm³/mol. The molecular weight excluding hydrogens is 511 g/mol. The van der Waals surface area contributed by atoms with E-state index < -0.39 is 11.6 Å². The summed E-state index contributed by atoms with van der Waals surface area (Å²) in [5.41, 5.74) is 2.10. The predicted octanol–water partition coefficient (Wildman–Crippen LogP) is 8.01. The summed E-state index contributed by atoms with van der Waals surface area (Å²) in [6.45, 7) is 5.87. The van der Waals surface area contributed by atoms with Crippen molar-refractivity contribution >= 4 is 40.5 Å². The van der Waals surface area contributed by atoms with E-state index in [1.807, 2.05) is 56.0 Å². The van der Waals surface area contributed by atoms with Crippen LogP contribution in [0.2, 0.25) is 10.0 Å². The van der Waals surface area contributed by atoms with Gasteiger partial charge in [-0.3, -0.25) is 4.98 Å². The molecule has 4 rings (SSSR count). The average Bonchev–Trinajstić information content (AvgIpc) is 3.36. The van der Waals surface area contributed by atoms with Crippen LogP contribution in [0.25, 0.3) is 0 Å². The maximum absolute atomic E-state index is 12.8. The second kappa shape index (κ2) is 11.6. The number of rotatable bonds is 8. The fourth-order valence-corrected chi connectivity index (χ4v) is 4.73. The SMILES string of the molecule is COc1ccc(N(Cc2ncc(Cl)cc2Cl)c2cccc(C(=O)OC(C)(C)C)c2)cc1OC1CCCC1. The van der Waals surface area contributed by atoms with Crippen molar-refractivity contribution in [1.29, 1.82) is 0 Å². The van der Waals surface area contributed by atoms with Gasteiger partial charge in [0.15, 0.2) is 11.5 Å². The summed E-state index contributed by atoms with van der Waals surface area (Å²) in [6, 6.07) is 14.8. The molecule has 1 fully saturated rings. The Labute approximate surface area is 228 Å². The van der Waals surface area contributed by atoms with E-state index in [0.717, 1.165) is 37.1 Å². The first kappa shape index (κ1) is 27.1. The van der Waals surface area contributed by atoms with Crippen molar-refractivity contribution in [2.24, 2.45) is 0 Å². The molecule has 0 spiro atoms. The molecule has 37 heavy (non-hydrogen) atoms. The number of anilines is 2. The average molecular weight is 543 g/mol. The van der Waals surface area contributed by atoms with E-state index >= 15 is 0 Å². The van der Waals surface area contributed by atoms with Crippen LogP contribution in [0.4, 0.5) is 11.4 Å². The third-order valence-electron chi connectivity index (χ3n) is 6.04. The van der Waals surface area contributed by atoms with Gasteiger partial charge in [0, 0.05) is 23.6 Å². The summed E-state index contributed by atoms with van der Waals surface area (Å²) in [5, 5.41) is 0.917. The molecule has 196 valence electrons. The highest BCUT2D eigenvalue weighted by Crippen LogP contribution is 2.38. The Kier molecular flexibility index (Phi) is 8.50. The Morgan fingerprint density at radius 3 is 2.43 bits per heavy atom. The topological polar surface area (TPSA) is 60.9 Å². The van der Waals surface area contributed by atoms with E-state index in [9.17, 15) is 4.79 Å². The maximum Gasteiger partial charge on any atom is 0.338 e. The van der Waals surface area contributed by atoms with Gasteiger partial charge in [0.1, 0.15) is 5.60 Å². The zero-order valence-corrected chi connectivity index (χ0v) is 23.1. The highest BCUT2D eigenvalue weighted by Gasteiger charge is 2.22. The summed E-state index contributed by atoms with van der Waals surface area (Å²) >= 11 is 12.6. The monoisotopic (exact) mass is 542 g/mol. The van der Waals surface area contributed by atoms with Gasteiger partial charge in [-0.2, -0.15) is 0 Å². The number of ether oxygens (including phenoxy) is 3. The smallest absolute Gasteiger partial charge is 0.338 e. The highest BCUT2D eigenvalue weighted by molar-refractivity contribution is 6.34. The zero-order valence-electron chi connectivity index (χ0n) is 21.6. The fourth-order valence-electron chi connectivity index (χ4n) is 4.29. The molecule has 0 aliphatic heterocycles. The van der Waals surface area contributed by atoms with E-state index in [0.29, 0.717) is 39.3 Å². The van der Waals surface area contributed by atoms with Gasteiger partial charge in [-0.05, 0) is 82.9 Å². The number of pyridine rings is 1. The van der Waals surface area contributed by atoms with Crippen molar-refractivity contribution in [3.05, 3.63) is 76.0 Å². The standard InChI is InChI=1S/C29H32Cl2N2O4/c1-29(2,3)37-28(34)19-8-7-9-21(14-19)33(18-25-24(31)15-20(30)17-32-25)22-12-13-26(35-4)27(16-22)36-23-10-5-6-11-23/h7-9,12-17,23H,5-6,10-11,18H2,1-4H3. The van der Waals surface area contributed by atoms with E-state index in [1.165, 1.54) is 0 Å². The molecule has 0 amide bonds. The normalized spacial score (nSPS) is 13.9. The maximum atomic E-state index is 12.8. The summed E-state index contributed by atoms with van der Waals surface area (Å²) in [7, 11) is 1.63. The van der Waals surface area contributed by atoms with Crippen LogP contribution in [-0.4, -0.2) is 29.8 Å². The lowest BCUT2D eigenvalue weighted by Crippen LogP contribution is -2.24. The third kappa shape index (κ3) is 7.08. The first-order valence-electron chi connectivity index (χ1n) is 12.4. The summed E-state index contributed by atoms with van der Waals surface area (Å²) in [5.74, 6) is 0.952. The molecule has 2 aromatic carbocycles.